The Kier molecular flexibility index (Phi) is 3.70. The van der Waals surface area contributed by atoms with E-state index in [1.54, 1.807) is 13.3 Å². The number of aryl methyl sites for hydroxylation is 1. The van der Waals surface area contributed by atoms with Crippen LogP contribution in [-0.4, -0.2) is 31.6 Å². The number of imidazole rings is 1. The molecule has 0 aliphatic rings. The van der Waals surface area contributed by atoms with Crippen LogP contribution in [0.5, 0.6) is 5.88 Å². The molecule has 0 saturated carbocycles. The van der Waals surface area contributed by atoms with Gasteiger partial charge >= 0.3 is 0 Å². The largest absolute Gasteiger partial charge is 0.479 e. The highest BCUT2D eigenvalue weighted by Gasteiger charge is 2.16. The first-order chi connectivity index (χ1) is 10.2. The van der Waals surface area contributed by atoms with Crippen LogP contribution >= 0.6 is 11.6 Å². The molecule has 21 heavy (non-hydrogen) atoms. The Labute approximate surface area is 126 Å². The summed E-state index contributed by atoms with van der Waals surface area (Å²) >= 11 is 6.02. The SMILES string of the molecule is COc1ncnc2c1nc(CCl)n2Cc1cnccc1C. The van der Waals surface area contributed by atoms with Gasteiger partial charge in [0.15, 0.2) is 11.2 Å². The quantitative estimate of drug-likeness (QED) is 0.692. The zero-order valence-electron chi connectivity index (χ0n) is 11.7. The highest BCUT2D eigenvalue weighted by molar-refractivity contribution is 6.16. The molecule has 0 aliphatic heterocycles. The van der Waals surface area contributed by atoms with Crippen LogP contribution in [0, 0.1) is 6.92 Å². The van der Waals surface area contributed by atoms with E-state index in [1.165, 1.54) is 6.33 Å². The molecule has 0 unspecified atom stereocenters. The summed E-state index contributed by atoms with van der Waals surface area (Å²) in [5.74, 6) is 1.47. The summed E-state index contributed by atoms with van der Waals surface area (Å²) in [6.07, 6.45) is 5.09. The number of aromatic nitrogens is 5. The van der Waals surface area contributed by atoms with Crippen molar-refractivity contribution in [3.63, 3.8) is 0 Å². The van der Waals surface area contributed by atoms with E-state index in [0.717, 1.165) is 17.0 Å². The molecule has 0 atom stereocenters. The monoisotopic (exact) mass is 303 g/mol. The van der Waals surface area contributed by atoms with Crippen LogP contribution in [0.15, 0.2) is 24.8 Å². The van der Waals surface area contributed by atoms with Crippen LogP contribution < -0.4 is 4.74 Å². The van der Waals surface area contributed by atoms with Crippen molar-refractivity contribution < 1.29 is 4.74 Å². The molecule has 3 aromatic heterocycles. The smallest absolute Gasteiger partial charge is 0.245 e. The summed E-state index contributed by atoms with van der Waals surface area (Å²) in [7, 11) is 1.56. The van der Waals surface area contributed by atoms with Gasteiger partial charge in [-0.05, 0) is 24.1 Å². The fourth-order valence-corrected chi connectivity index (χ4v) is 2.42. The molecular formula is C14H14ClN5O. The van der Waals surface area contributed by atoms with Crippen molar-refractivity contribution in [2.75, 3.05) is 7.11 Å². The lowest BCUT2D eigenvalue weighted by atomic mass is 10.1. The zero-order chi connectivity index (χ0) is 14.8. The summed E-state index contributed by atoms with van der Waals surface area (Å²) in [6, 6.07) is 1.98. The van der Waals surface area contributed by atoms with E-state index in [2.05, 4.69) is 19.9 Å². The molecule has 0 radical (unpaired) electrons. The highest BCUT2D eigenvalue weighted by atomic mass is 35.5. The maximum atomic E-state index is 6.02. The van der Waals surface area contributed by atoms with Crippen LogP contribution in [0.1, 0.15) is 17.0 Å². The molecule has 0 N–H and O–H groups in total. The number of alkyl halides is 1. The molecule has 3 aromatic rings. The molecular weight excluding hydrogens is 290 g/mol. The number of hydrogen-bond acceptors (Lipinski definition) is 5. The number of hydrogen-bond donors (Lipinski definition) is 0. The molecule has 108 valence electrons. The van der Waals surface area contributed by atoms with Gasteiger partial charge in [0.2, 0.25) is 5.88 Å². The highest BCUT2D eigenvalue weighted by Crippen LogP contribution is 2.23. The fraction of sp³-hybridized carbons (Fsp3) is 0.286. The molecule has 3 heterocycles. The Bertz CT molecular complexity index is 786. The molecule has 0 aromatic carbocycles. The number of halogens is 1. The van der Waals surface area contributed by atoms with Gasteiger partial charge in [0, 0.05) is 12.4 Å². The van der Waals surface area contributed by atoms with Gasteiger partial charge in [0.1, 0.15) is 12.2 Å². The van der Waals surface area contributed by atoms with Crippen LogP contribution in [0.3, 0.4) is 0 Å². The molecule has 6 nitrogen and oxygen atoms in total. The van der Waals surface area contributed by atoms with Crippen molar-refractivity contribution in [2.24, 2.45) is 0 Å². The number of nitrogens with zero attached hydrogens (tertiary/aromatic N) is 5. The molecule has 7 heteroatoms. The summed E-state index contributed by atoms with van der Waals surface area (Å²) < 4.78 is 7.20. The molecule has 0 amide bonds. The lowest BCUT2D eigenvalue weighted by molar-refractivity contribution is 0.401. The Morgan fingerprint density at radius 2 is 2.19 bits per heavy atom. The predicted octanol–water partition coefficient (Wildman–Crippen LogP) is 2.33. The van der Waals surface area contributed by atoms with Crippen molar-refractivity contribution in [1.82, 2.24) is 24.5 Å². The molecule has 0 saturated heterocycles. The third kappa shape index (κ3) is 2.42. The van der Waals surface area contributed by atoms with Gasteiger partial charge in [-0.2, -0.15) is 4.98 Å². The number of pyridine rings is 1. The maximum absolute atomic E-state index is 6.02. The topological polar surface area (TPSA) is 65.7 Å². The number of rotatable bonds is 4. The van der Waals surface area contributed by atoms with E-state index in [-0.39, 0.29) is 0 Å². The third-order valence-electron chi connectivity index (χ3n) is 3.37. The minimum absolute atomic E-state index is 0.291. The second-order valence-corrected chi connectivity index (χ2v) is 4.87. The lowest BCUT2D eigenvalue weighted by Gasteiger charge is -2.09. The Hall–Kier alpha value is -2.21. The first kappa shape index (κ1) is 13.8. The number of methoxy groups -OCH3 is 1. The normalized spacial score (nSPS) is 11.0. The average molecular weight is 304 g/mol. The second kappa shape index (κ2) is 5.65. The first-order valence-electron chi connectivity index (χ1n) is 6.44. The second-order valence-electron chi connectivity index (χ2n) is 4.61. The summed E-state index contributed by atoms with van der Waals surface area (Å²) in [6.45, 7) is 2.66. The van der Waals surface area contributed by atoms with E-state index in [4.69, 9.17) is 16.3 Å². The van der Waals surface area contributed by atoms with E-state index in [1.807, 2.05) is 23.8 Å². The first-order valence-corrected chi connectivity index (χ1v) is 6.97. The standard InChI is InChI=1S/C14H14ClN5O/c1-9-3-4-16-6-10(9)7-20-11(5-15)19-12-13(20)17-8-18-14(12)21-2/h3-4,6,8H,5,7H2,1-2H3. The summed E-state index contributed by atoms with van der Waals surface area (Å²) in [4.78, 5) is 17.0. The minimum Gasteiger partial charge on any atom is -0.479 e. The lowest BCUT2D eigenvalue weighted by Crippen LogP contribution is -2.06. The Morgan fingerprint density at radius 3 is 2.90 bits per heavy atom. The van der Waals surface area contributed by atoms with Crippen molar-refractivity contribution in [1.29, 1.82) is 0 Å². The molecule has 0 aliphatic carbocycles. The van der Waals surface area contributed by atoms with Crippen LogP contribution in [0.4, 0.5) is 0 Å². The zero-order valence-corrected chi connectivity index (χ0v) is 12.5. The van der Waals surface area contributed by atoms with Gasteiger partial charge in [0.25, 0.3) is 0 Å². The van der Waals surface area contributed by atoms with Crippen molar-refractivity contribution in [3.8, 4) is 5.88 Å². The van der Waals surface area contributed by atoms with Gasteiger partial charge in [-0.15, -0.1) is 11.6 Å². The molecule has 0 bridgehead atoms. The van der Waals surface area contributed by atoms with Crippen molar-refractivity contribution in [2.45, 2.75) is 19.3 Å². The minimum atomic E-state index is 0.291. The predicted molar refractivity (Wildman–Crippen MR) is 79.5 cm³/mol. The Balaban J connectivity index is 2.15. The molecule has 0 fully saturated rings. The molecule has 3 rings (SSSR count). The van der Waals surface area contributed by atoms with E-state index < -0.39 is 0 Å². The van der Waals surface area contributed by atoms with Crippen LogP contribution in [0.2, 0.25) is 0 Å². The van der Waals surface area contributed by atoms with Gasteiger partial charge in [0.05, 0.1) is 19.5 Å². The third-order valence-corrected chi connectivity index (χ3v) is 3.61. The summed E-state index contributed by atoms with van der Waals surface area (Å²) in [5, 5.41) is 0. The van der Waals surface area contributed by atoms with Gasteiger partial charge < -0.3 is 9.30 Å². The molecule has 0 spiro atoms. The number of ether oxygens (including phenoxy) is 1. The van der Waals surface area contributed by atoms with E-state index in [0.29, 0.717) is 29.5 Å². The van der Waals surface area contributed by atoms with Crippen molar-refractivity contribution in [3.05, 3.63) is 41.7 Å². The number of fused-ring (bicyclic) bond motifs is 1. The van der Waals surface area contributed by atoms with Gasteiger partial charge in [-0.1, -0.05) is 0 Å². The van der Waals surface area contributed by atoms with Crippen LogP contribution in [-0.2, 0) is 12.4 Å². The van der Waals surface area contributed by atoms with Crippen molar-refractivity contribution >= 4 is 22.8 Å². The maximum Gasteiger partial charge on any atom is 0.245 e. The van der Waals surface area contributed by atoms with E-state index >= 15 is 0 Å². The fourth-order valence-electron chi connectivity index (χ4n) is 2.21. The van der Waals surface area contributed by atoms with Crippen LogP contribution in [0.25, 0.3) is 11.2 Å². The Morgan fingerprint density at radius 1 is 1.33 bits per heavy atom. The average Bonchev–Trinajstić information content (AvgIpc) is 2.87. The summed E-state index contributed by atoms with van der Waals surface area (Å²) in [5.41, 5.74) is 3.59. The van der Waals surface area contributed by atoms with E-state index in [9.17, 15) is 0 Å². The van der Waals surface area contributed by atoms with Gasteiger partial charge in [-0.3, -0.25) is 4.98 Å². The van der Waals surface area contributed by atoms with Gasteiger partial charge in [-0.25, -0.2) is 9.97 Å².